The van der Waals surface area contributed by atoms with Crippen LogP contribution in [0.15, 0.2) is 35.3 Å². The molecular weight excluding hydrogens is 298 g/mol. The predicted octanol–water partition coefficient (Wildman–Crippen LogP) is 3.36. The highest BCUT2D eigenvalue weighted by molar-refractivity contribution is 5.79. The third-order valence-corrected chi connectivity index (χ3v) is 4.72. The Morgan fingerprint density at radius 3 is 2.67 bits per heavy atom. The van der Waals surface area contributed by atoms with E-state index < -0.39 is 0 Å². The van der Waals surface area contributed by atoms with Crippen LogP contribution in [0.1, 0.15) is 38.7 Å². The van der Waals surface area contributed by atoms with Gasteiger partial charge in [0.1, 0.15) is 0 Å². The fourth-order valence-corrected chi connectivity index (χ4v) is 3.26. The molecule has 1 aromatic rings. The van der Waals surface area contributed by atoms with Crippen LogP contribution in [0.4, 0.5) is 0 Å². The van der Waals surface area contributed by atoms with E-state index in [1.165, 1.54) is 5.56 Å². The van der Waals surface area contributed by atoms with Crippen LogP contribution in [0.2, 0.25) is 0 Å². The molecule has 0 saturated carbocycles. The summed E-state index contributed by atoms with van der Waals surface area (Å²) in [5.74, 6) is 2.63. The summed E-state index contributed by atoms with van der Waals surface area (Å²) in [6.07, 6.45) is 1.16. The summed E-state index contributed by atoms with van der Waals surface area (Å²) in [6, 6.07) is 10.7. The summed E-state index contributed by atoms with van der Waals surface area (Å²) in [5.41, 5.74) is 1.37. The highest BCUT2D eigenvalue weighted by Crippen LogP contribution is 2.24. The Balaban J connectivity index is 2.04. The quantitative estimate of drug-likeness (QED) is 0.615. The highest BCUT2D eigenvalue weighted by atomic mass is 16.5. The van der Waals surface area contributed by atoms with Gasteiger partial charge in [-0.05, 0) is 24.8 Å². The summed E-state index contributed by atoms with van der Waals surface area (Å²) >= 11 is 0. The van der Waals surface area contributed by atoms with E-state index in [9.17, 15) is 0 Å². The maximum atomic E-state index is 5.50. The van der Waals surface area contributed by atoms with E-state index in [-0.39, 0.29) is 0 Å². The molecule has 1 heterocycles. The summed E-state index contributed by atoms with van der Waals surface area (Å²) in [4.78, 5) is 7.20. The van der Waals surface area contributed by atoms with E-state index in [0.717, 1.165) is 45.2 Å². The molecule has 4 heteroatoms. The van der Waals surface area contributed by atoms with Gasteiger partial charge < -0.3 is 15.0 Å². The number of hydrogen-bond acceptors (Lipinski definition) is 2. The van der Waals surface area contributed by atoms with Crippen LogP contribution in [0.25, 0.3) is 0 Å². The molecule has 0 aromatic heterocycles. The Labute approximate surface area is 147 Å². The zero-order valence-corrected chi connectivity index (χ0v) is 15.7. The number of aliphatic imine (C=N–C) groups is 1. The number of hydrogen-bond donors (Lipinski definition) is 1. The second-order valence-corrected chi connectivity index (χ2v) is 7.07. The van der Waals surface area contributed by atoms with Crippen LogP contribution >= 0.6 is 0 Å². The number of ether oxygens (including phenoxy) is 1. The summed E-state index contributed by atoms with van der Waals surface area (Å²) in [7, 11) is 2.13. The number of nitrogens with one attached hydrogen (secondary N) is 1. The molecule has 2 rings (SSSR count). The van der Waals surface area contributed by atoms with E-state index in [0.29, 0.717) is 17.8 Å². The molecule has 134 valence electrons. The van der Waals surface area contributed by atoms with Crippen molar-refractivity contribution in [2.24, 2.45) is 16.8 Å². The molecular formula is C20H33N3O. The standard InChI is InChI=1S/C20H33N3O/c1-5-21-20(23(4)14-17-11-12-24-15-17)22-13-19(16(2)3)18-9-7-6-8-10-18/h6-10,16-17,19H,5,11-15H2,1-4H3,(H,21,22). The van der Waals surface area contributed by atoms with Crippen molar-refractivity contribution in [3.05, 3.63) is 35.9 Å². The first-order valence-electron chi connectivity index (χ1n) is 9.24. The molecule has 1 fully saturated rings. The number of guanidine groups is 1. The third-order valence-electron chi connectivity index (χ3n) is 4.72. The maximum absolute atomic E-state index is 5.50. The van der Waals surface area contributed by atoms with Crippen molar-refractivity contribution in [3.8, 4) is 0 Å². The van der Waals surface area contributed by atoms with Crippen LogP contribution in [0, 0.1) is 11.8 Å². The van der Waals surface area contributed by atoms with Gasteiger partial charge >= 0.3 is 0 Å². The average Bonchev–Trinajstić information content (AvgIpc) is 3.07. The molecule has 1 aliphatic heterocycles. The van der Waals surface area contributed by atoms with Crippen molar-refractivity contribution in [3.63, 3.8) is 0 Å². The Bertz CT molecular complexity index is 495. The molecule has 1 aromatic carbocycles. The zero-order chi connectivity index (χ0) is 17.4. The van der Waals surface area contributed by atoms with Gasteiger partial charge in [-0.15, -0.1) is 0 Å². The molecule has 4 nitrogen and oxygen atoms in total. The van der Waals surface area contributed by atoms with Crippen molar-refractivity contribution in [1.82, 2.24) is 10.2 Å². The minimum Gasteiger partial charge on any atom is -0.381 e. The number of benzene rings is 1. The van der Waals surface area contributed by atoms with Gasteiger partial charge in [-0.1, -0.05) is 44.2 Å². The zero-order valence-electron chi connectivity index (χ0n) is 15.7. The predicted molar refractivity (Wildman–Crippen MR) is 102 cm³/mol. The van der Waals surface area contributed by atoms with Crippen molar-refractivity contribution < 1.29 is 4.74 Å². The van der Waals surface area contributed by atoms with Crippen LogP contribution in [0.3, 0.4) is 0 Å². The first-order valence-corrected chi connectivity index (χ1v) is 9.24. The molecule has 2 atom stereocenters. The SMILES string of the molecule is CCNC(=NCC(c1ccccc1)C(C)C)N(C)CC1CCOC1. The smallest absolute Gasteiger partial charge is 0.193 e. The second kappa shape index (κ2) is 9.67. The van der Waals surface area contributed by atoms with Gasteiger partial charge in [-0.2, -0.15) is 0 Å². The minimum atomic E-state index is 0.447. The fraction of sp³-hybridized carbons (Fsp3) is 0.650. The van der Waals surface area contributed by atoms with E-state index in [1.54, 1.807) is 0 Å². The van der Waals surface area contributed by atoms with E-state index >= 15 is 0 Å². The van der Waals surface area contributed by atoms with Crippen LogP contribution < -0.4 is 5.32 Å². The van der Waals surface area contributed by atoms with Gasteiger partial charge in [-0.3, -0.25) is 4.99 Å². The number of nitrogens with zero attached hydrogens (tertiary/aromatic N) is 2. The van der Waals surface area contributed by atoms with E-state index in [4.69, 9.17) is 9.73 Å². The molecule has 1 N–H and O–H groups in total. The average molecular weight is 332 g/mol. The molecule has 1 saturated heterocycles. The summed E-state index contributed by atoms with van der Waals surface area (Å²) in [6.45, 7) is 11.2. The molecule has 0 bridgehead atoms. The van der Waals surface area contributed by atoms with E-state index in [2.05, 4.69) is 68.4 Å². The number of rotatable bonds is 7. The van der Waals surface area contributed by atoms with Gasteiger partial charge in [0.25, 0.3) is 0 Å². The lowest BCUT2D eigenvalue weighted by Crippen LogP contribution is -2.41. The molecule has 1 aliphatic rings. The van der Waals surface area contributed by atoms with Gasteiger partial charge in [0.15, 0.2) is 5.96 Å². The first kappa shape index (κ1) is 18.8. The van der Waals surface area contributed by atoms with E-state index in [1.807, 2.05) is 0 Å². The Hall–Kier alpha value is -1.55. The Morgan fingerprint density at radius 1 is 1.33 bits per heavy atom. The van der Waals surface area contributed by atoms with Crippen molar-refractivity contribution in [2.45, 2.75) is 33.1 Å². The van der Waals surface area contributed by atoms with Crippen LogP contribution in [-0.2, 0) is 4.74 Å². The Kier molecular flexibility index (Phi) is 7.57. The summed E-state index contributed by atoms with van der Waals surface area (Å²) in [5, 5.41) is 3.44. The second-order valence-electron chi connectivity index (χ2n) is 7.07. The van der Waals surface area contributed by atoms with Crippen molar-refractivity contribution in [1.29, 1.82) is 0 Å². The molecule has 0 aliphatic carbocycles. The molecule has 0 spiro atoms. The van der Waals surface area contributed by atoms with Crippen LogP contribution in [0.5, 0.6) is 0 Å². The van der Waals surface area contributed by atoms with Crippen molar-refractivity contribution in [2.75, 3.05) is 39.9 Å². The van der Waals surface area contributed by atoms with Gasteiger partial charge in [0.05, 0.1) is 6.61 Å². The Morgan fingerprint density at radius 2 is 2.08 bits per heavy atom. The lowest BCUT2D eigenvalue weighted by molar-refractivity contribution is 0.181. The van der Waals surface area contributed by atoms with Crippen LogP contribution in [-0.4, -0.2) is 50.8 Å². The monoisotopic (exact) mass is 331 g/mol. The molecule has 2 unspecified atom stereocenters. The lowest BCUT2D eigenvalue weighted by Gasteiger charge is -2.26. The largest absolute Gasteiger partial charge is 0.381 e. The normalized spacial score (nSPS) is 19.5. The molecule has 0 amide bonds. The van der Waals surface area contributed by atoms with Gasteiger partial charge in [0, 0.05) is 45.1 Å². The summed E-state index contributed by atoms with van der Waals surface area (Å²) < 4.78 is 5.50. The molecule has 0 radical (unpaired) electrons. The lowest BCUT2D eigenvalue weighted by atomic mass is 9.88. The van der Waals surface area contributed by atoms with Crippen molar-refractivity contribution >= 4 is 5.96 Å². The third kappa shape index (κ3) is 5.52. The fourth-order valence-electron chi connectivity index (χ4n) is 3.26. The minimum absolute atomic E-state index is 0.447. The topological polar surface area (TPSA) is 36.9 Å². The first-order chi connectivity index (χ1) is 11.6. The maximum Gasteiger partial charge on any atom is 0.193 e. The van der Waals surface area contributed by atoms with Gasteiger partial charge in [0.2, 0.25) is 0 Å². The van der Waals surface area contributed by atoms with Gasteiger partial charge in [-0.25, -0.2) is 0 Å². The highest BCUT2D eigenvalue weighted by Gasteiger charge is 2.20. The molecule has 24 heavy (non-hydrogen) atoms.